The van der Waals surface area contributed by atoms with E-state index in [1.54, 1.807) is 24.4 Å². The summed E-state index contributed by atoms with van der Waals surface area (Å²) in [6.07, 6.45) is 8.83. The Hall–Kier alpha value is -2.80. The van der Waals surface area contributed by atoms with Gasteiger partial charge in [0.2, 0.25) is 0 Å². The van der Waals surface area contributed by atoms with Crippen molar-refractivity contribution in [3.05, 3.63) is 70.8 Å². The zero-order chi connectivity index (χ0) is 25.1. The third kappa shape index (κ3) is 5.77. The second-order valence-electron chi connectivity index (χ2n) is 9.69. The normalized spacial score (nSPS) is 17.3. The zero-order valence-electron chi connectivity index (χ0n) is 20.2. The number of nitrogens with two attached hydrogens (primary N) is 1. The Labute approximate surface area is 222 Å². The van der Waals surface area contributed by atoms with Crippen molar-refractivity contribution in [2.45, 2.75) is 50.6 Å². The van der Waals surface area contributed by atoms with Gasteiger partial charge in [-0.05, 0) is 68.1 Å². The van der Waals surface area contributed by atoms with E-state index in [4.69, 9.17) is 28.9 Å². The number of carbonyl (C=O) groups is 1. The van der Waals surface area contributed by atoms with Gasteiger partial charge >= 0.3 is 6.03 Å². The van der Waals surface area contributed by atoms with E-state index in [2.05, 4.69) is 15.2 Å². The van der Waals surface area contributed by atoms with E-state index in [0.29, 0.717) is 27.5 Å². The summed E-state index contributed by atoms with van der Waals surface area (Å²) in [6, 6.07) is 17.1. The molecule has 0 atom stereocenters. The van der Waals surface area contributed by atoms with Gasteiger partial charge in [-0.15, -0.1) is 0 Å². The van der Waals surface area contributed by atoms with Crippen LogP contribution in [-0.2, 0) is 0 Å². The number of benzene rings is 2. The van der Waals surface area contributed by atoms with E-state index in [-0.39, 0.29) is 12.1 Å². The molecule has 2 aromatic carbocycles. The second kappa shape index (κ2) is 11.1. The zero-order valence-corrected chi connectivity index (χ0v) is 21.7. The Morgan fingerprint density at radius 3 is 2.33 bits per heavy atom. The molecule has 2 heterocycles. The van der Waals surface area contributed by atoms with E-state index in [1.165, 1.54) is 25.7 Å². The van der Waals surface area contributed by atoms with Gasteiger partial charge in [-0.1, -0.05) is 48.2 Å². The van der Waals surface area contributed by atoms with Crippen LogP contribution in [-0.4, -0.2) is 41.1 Å². The van der Waals surface area contributed by atoms with Gasteiger partial charge in [0.15, 0.2) is 0 Å². The summed E-state index contributed by atoms with van der Waals surface area (Å²) >= 11 is 12.3. The minimum Gasteiger partial charge on any atom is -0.399 e. The van der Waals surface area contributed by atoms with Crippen LogP contribution in [0, 0.1) is 0 Å². The smallest absolute Gasteiger partial charge is 0.326 e. The third-order valence-corrected chi connectivity index (χ3v) is 7.68. The van der Waals surface area contributed by atoms with Crippen LogP contribution < -0.4 is 16.0 Å². The fourth-order valence-corrected chi connectivity index (χ4v) is 6.01. The standard InChI is InChI=1S/C28H31Cl2N5O/c29-20-15-21(30)17-23(16-20)33-28(36)35(25-10-12-34(13-11-25)24-6-1-2-7-24)26-8-9-27(32-18-26)19-4-3-5-22(31)14-19/h3-5,8-9,14-18,24-25H,1-2,6-7,10-13,31H2,(H,33,36). The van der Waals surface area contributed by atoms with Crippen LogP contribution in [0.1, 0.15) is 38.5 Å². The Bertz CT molecular complexity index is 1180. The number of carbonyl (C=O) groups excluding carboxylic acids is 1. The number of urea groups is 1. The summed E-state index contributed by atoms with van der Waals surface area (Å²) in [6.45, 7) is 1.99. The molecule has 1 aliphatic carbocycles. The highest BCUT2D eigenvalue weighted by molar-refractivity contribution is 6.35. The molecule has 2 fully saturated rings. The SMILES string of the molecule is Nc1cccc(-c2ccc(N(C(=O)Nc3cc(Cl)cc(Cl)c3)C3CCN(C4CCCC4)CC3)cn2)c1. The first-order chi connectivity index (χ1) is 17.5. The topological polar surface area (TPSA) is 74.5 Å². The largest absolute Gasteiger partial charge is 0.399 e. The number of hydrogen-bond acceptors (Lipinski definition) is 4. The van der Waals surface area contributed by atoms with Crippen molar-refractivity contribution in [2.75, 3.05) is 29.0 Å². The lowest BCUT2D eigenvalue weighted by Gasteiger charge is -2.40. The van der Waals surface area contributed by atoms with Crippen molar-refractivity contribution >= 4 is 46.3 Å². The Balaban J connectivity index is 1.39. The molecule has 8 heteroatoms. The lowest BCUT2D eigenvalue weighted by atomic mass is 10.0. The Morgan fingerprint density at radius 2 is 1.69 bits per heavy atom. The van der Waals surface area contributed by atoms with E-state index in [0.717, 1.165) is 42.9 Å². The Kier molecular flexibility index (Phi) is 7.65. The average molecular weight is 524 g/mol. The van der Waals surface area contributed by atoms with Crippen LogP contribution in [0.2, 0.25) is 10.0 Å². The predicted molar refractivity (Wildman–Crippen MR) is 149 cm³/mol. The first-order valence-corrected chi connectivity index (χ1v) is 13.3. The van der Waals surface area contributed by atoms with Crippen LogP contribution in [0.5, 0.6) is 0 Å². The van der Waals surface area contributed by atoms with Gasteiger partial charge in [-0.25, -0.2) is 4.79 Å². The monoisotopic (exact) mass is 523 g/mol. The average Bonchev–Trinajstić information content (AvgIpc) is 3.40. The summed E-state index contributed by atoms with van der Waals surface area (Å²) in [7, 11) is 0. The maximum Gasteiger partial charge on any atom is 0.326 e. The molecule has 6 nitrogen and oxygen atoms in total. The molecule has 1 saturated heterocycles. The van der Waals surface area contributed by atoms with Gasteiger partial charge < -0.3 is 16.0 Å². The maximum absolute atomic E-state index is 13.6. The fourth-order valence-electron chi connectivity index (χ4n) is 5.48. The number of hydrogen-bond donors (Lipinski definition) is 2. The van der Waals surface area contributed by atoms with Crippen molar-refractivity contribution in [2.24, 2.45) is 0 Å². The van der Waals surface area contributed by atoms with Crippen LogP contribution in [0.15, 0.2) is 60.8 Å². The van der Waals surface area contributed by atoms with Gasteiger partial charge in [0, 0.05) is 52.2 Å². The molecule has 2 amide bonds. The van der Waals surface area contributed by atoms with Crippen molar-refractivity contribution in [3.63, 3.8) is 0 Å². The van der Waals surface area contributed by atoms with Crippen molar-refractivity contribution in [3.8, 4) is 11.3 Å². The highest BCUT2D eigenvalue weighted by Crippen LogP contribution is 2.31. The number of rotatable bonds is 5. The number of nitrogens with zero attached hydrogens (tertiary/aromatic N) is 3. The molecule has 5 rings (SSSR count). The summed E-state index contributed by atoms with van der Waals surface area (Å²) in [5.41, 5.74) is 9.71. The van der Waals surface area contributed by atoms with Gasteiger partial charge in [0.1, 0.15) is 0 Å². The number of pyridine rings is 1. The van der Waals surface area contributed by atoms with E-state index >= 15 is 0 Å². The number of nitrogen functional groups attached to an aromatic ring is 1. The molecule has 1 aliphatic heterocycles. The minimum absolute atomic E-state index is 0.0670. The number of anilines is 3. The lowest BCUT2D eigenvalue weighted by Crippen LogP contribution is -2.50. The third-order valence-electron chi connectivity index (χ3n) is 7.25. The van der Waals surface area contributed by atoms with Gasteiger partial charge in [-0.3, -0.25) is 9.88 Å². The molecule has 2 aliphatic rings. The number of halogens is 2. The van der Waals surface area contributed by atoms with Crippen molar-refractivity contribution < 1.29 is 4.79 Å². The number of nitrogens with one attached hydrogen (secondary N) is 1. The molecule has 0 bridgehead atoms. The molecule has 3 aromatic rings. The number of amides is 2. The molecule has 188 valence electrons. The van der Waals surface area contributed by atoms with E-state index in [1.807, 2.05) is 41.3 Å². The van der Waals surface area contributed by atoms with Crippen LogP contribution >= 0.6 is 23.2 Å². The highest BCUT2D eigenvalue weighted by atomic mass is 35.5. The van der Waals surface area contributed by atoms with Gasteiger partial charge in [0.25, 0.3) is 0 Å². The lowest BCUT2D eigenvalue weighted by molar-refractivity contribution is 0.153. The van der Waals surface area contributed by atoms with Gasteiger partial charge in [-0.2, -0.15) is 0 Å². The number of aromatic nitrogens is 1. The molecular weight excluding hydrogens is 493 g/mol. The van der Waals surface area contributed by atoms with E-state index < -0.39 is 0 Å². The second-order valence-corrected chi connectivity index (χ2v) is 10.6. The number of likely N-dealkylation sites (tertiary alicyclic amines) is 1. The predicted octanol–water partition coefficient (Wildman–Crippen LogP) is 7.08. The molecule has 0 radical (unpaired) electrons. The first kappa shape index (κ1) is 24.9. The molecule has 3 N–H and O–H groups in total. The fraction of sp³-hybridized carbons (Fsp3) is 0.357. The molecule has 0 unspecified atom stereocenters. The van der Waals surface area contributed by atoms with Crippen LogP contribution in [0.3, 0.4) is 0 Å². The van der Waals surface area contributed by atoms with E-state index in [9.17, 15) is 4.79 Å². The van der Waals surface area contributed by atoms with Crippen molar-refractivity contribution in [1.29, 1.82) is 0 Å². The summed E-state index contributed by atoms with van der Waals surface area (Å²) in [4.78, 5) is 22.8. The molecule has 36 heavy (non-hydrogen) atoms. The maximum atomic E-state index is 13.6. The van der Waals surface area contributed by atoms with Crippen LogP contribution in [0.25, 0.3) is 11.3 Å². The van der Waals surface area contributed by atoms with Gasteiger partial charge in [0.05, 0.1) is 17.6 Å². The summed E-state index contributed by atoms with van der Waals surface area (Å²) in [5.74, 6) is 0. The van der Waals surface area contributed by atoms with Crippen molar-refractivity contribution in [1.82, 2.24) is 9.88 Å². The highest BCUT2D eigenvalue weighted by Gasteiger charge is 2.32. The number of piperidine rings is 1. The quantitative estimate of drug-likeness (QED) is 0.350. The first-order valence-electron chi connectivity index (χ1n) is 12.6. The summed E-state index contributed by atoms with van der Waals surface area (Å²) < 4.78 is 0. The molecule has 1 aromatic heterocycles. The minimum atomic E-state index is -0.217. The summed E-state index contributed by atoms with van der Waals surface area (Å²) in [5, 5.41) is 3.95. The van der Waals surface area contributed by atoms with Crippen LogP contribution in [0.4, 0.5) is 21.9 Å². The Morgan fingerprint density at radius 1 is 0.972 bits per heavy atom. The molecule has 1 saturated carbocycles. The molecular formula is C28H31Cl2N5O. The molecule has 0 spiro atoms.